The van der Waals surface area contributed by atoms with Gasteiger partial charge >= 0.3 is 6.01 Å². The van der Waals surface area contributed by atoms with Crippen molar-refractivity contribution >= 4 is 27.5 Å². The second-order valence-corrected chi connectivity index (χ2v) is 13.6. The van der Waals surface area contributed by atoms with E-state index in [4.69, 9.17) is 16.1 Å². The molecule has 2 aromatic heterocycles. The molecule has 3 saturated heterocycles. The largest absolute Gasteiger partial charge is 0.461 e. The van der Waals surface area contributed by atoms with Gasteiger partial charge in [0.25, 0.3) is 5.92 Å². The molecule has 5 heterocycles. The summed E-state index contributed by atoms with van der Waals surface area (Å²) < 4.78 is 66.7. The Morgan fingerprint density at radius 1 is 1.17 bits per heavy atom. The molecule has 1 N–H and O–H groups in total. The maximum absolute atomic E-state index is 16.8. The van der Waals surface area contributed by atoms with Gasteiger partial charge in [0.05, 0.1) is 21.9 Å². The summed E-state index contributed by atoms with van der Waals surface area (Å²) in [5, 5.41) is 4.88. The Bertz CT molecular complexity index is 1950. The Morgan fingerprint density at radius 3 is 2.74 bits per heavy atom. The van der Waals surface area contributed by atoms with Gasteiger partial charge in [0, 0.05) is 49.2 Å². The van der Waals surface area contributed by atoms with Gasteiger partial charge < -0.3 is 15.0 Å². The van der Waals surface area contributed by atoms with Crippen LogP contribution in [0.25, 0.3) is 32.9 Å². The molecule has 11 heteroatoms. The molecule has 4 aromatic rings. The summed E-state index contributed by atoms with van der Waals surface area (Å²) in [5.41, 5.74) is -1.17. The minimum atomic E-state index is -2.65. The van der Waals surface area contributed by atoms with Crippen LogP contribution in [-0.4, -0.2) is 76.7 Å². The van der Waals surface area contributed by atoms with Gasteiger partial charge in [0.1, 0.15) is 29.5 Å². The Hall–Kier alpha value is -4.01. The average Bonchev–Trinajstić information content (AvgIpc) is 3.44. The van der Waals surface area contributed by atoms with Crippen LogP contribution in [0, 0.1) is 29.4 Å². The summed E-state index contributed by atoms with van der Waals surface area (Å²) in [4.78, 5) is 18.0. The third kappa shape index (κ3) is 4.29. The molecule has 7 nitrogen and oxygen atoms in total. The molecule has 0 radical (unpaired) electrons. The van der Waals surface area contributed by atoms with Gasteiger partial charge in [-0.1, -0.05) is 30.2 Å². The van der Waals surface area contributed by atoms with Gasteiger partial charge in [0.15, 0.2) is 5.82 Å². The fourth-order valence-electron chi connectivity index (χ4n) is 8.42. The molecule has 4 atom stereocenters. The smallest absolute Gasteiger partial charge is 0.319 e. The number of rotatable bonds is 6. The van der Waals surface area contributed by atoms with Crippen LogP contribution in [0.4, 0.5) is 23.4 Å². The van der Waals surface area contributed by atoms with E-state index in [1.807, 2.05) is 11.9 Å². The number of ether oxygens (including phenoxy) is 1. The number of nitrogens with one attached hydrogen (secondary N) is 1. The number of nitrogens with zero attached hydrogens (tertiary/aromatic N) is 5. The van der Waals surface area contributed by atoms with Gasteiger partial charge in [-0.3, -0.25) is 9.88 Å². The second-order valence-electron chi connectivity index (χ2n) is 13.6. The van der Waals surface area contributed by atoms with Crippen LogP contribution >= 0.6 is 0 Å². The first-order valence-electron chi connectivity index (χ1n) is 15.8. The van der Waals surface area contributed by atoms with Gasteiger partial charge in [-0.05, 0) is 57.1 Å². The highest BCUT2D eigenvalue weighted by Gasteiger charge is 2.77. The zero-order valence-electron chi connectivity index (χ0n) is 25.7. The van der Waals surface area contributed by atoms with E-state index in [1.165, 1.54) is 12.3 Å². The number of hydrogen-bond acceptors (Lipinski definition) is 7. The minimum Gasteiger partial charge on any atom is -0.461 e. The first kappa shape index (κ1) is 29.4. The third-order valence-electron chi connectivity index (χ3n) is 10.9. The second kappa shape index (κ2) is 10.2. The molecule has 0 amide bonds. The zero-order chi connectivity index (χ0) is 32.0. The maximum atomic E-state index is 16.8. The SMILES string of the molecule is C#Cc1c(F)ccc2cccc(-c3ncc4c(N(C)[C@@H]5CCN[C@@H]5C)nc(OCC56CCCN5CC5(C6)CC5(F)F)nc4c3F)c12. The average molecular weight is 631 g/mol. The number of alkyl halides is 2. The molecule has 1 aliphatic carbocycles. The van der Waals surface area contributed by atoms with Crippen LogP contribution in [0.15, 0.2) is 36.5 Å². The molecule has 0 bridgehead atoms. The van der Waals surface area contributed by atoms with Crippen LogP contribution < -0.4 is 15.0 Å². The molecule has 1 saturated carbocycles. The van der Waals surface area contributed by atoms with Crippen molar-refractivity contribution in [2.45, 2.75) is 62.6 Å². The number of aromatic nitrogens is 3. The fourth-order valence-corrected chi connectivity index (χ4v) is 8.42. The third-order valence-corrected chi connectivity index (χ3v) is 10.9. The molecule has 4 fully saturated rings. The van der Waals surface area contributed by atoms with Gasteiger partial charge in [-0.2, -0.15) is 9.97 Å². The number of hydrogen-bond donors (Lipinski definition) is 1. The predicted octanol–water partition coefficient (Wildman–Crippen LogP) is 5.93. The van der Waals surface area contributed by atoms with Crippen molar-refractivity contribution < 1.29 is 22.3 Å². The minimum absolute atomic E-state index is 0.00326. The van der Waals surface area contributed by atoms with Crippen LogP contribution in [0.1, 0.15) is 44.6 Å². The van der Waals surface area contributed by atoms with Crippen molar-refractivity contribution in [3.8, 4) is 29.6 Å². The lowest BCUT2D eigenvalue weighted by atomic mass is 9.89. The molecule has 2 aromatic carbocycles. The topological polar surface area (TPSA) is 66.4 Å². The number of anilines is 1. The Kier molecular flexibility index (Phi) is 6.55. The first-order chi connectivity index (χ1) is 22.1. The van der Waals surface area contributed by atoms with Crippen LogP contribution in [-0.2, 0) is 0 Å². The van der Waals surface area contributed by atoms with Gasteiger partial charge in [-0.25, -0.2) is 17.6 Å². The van der Waals surface area contributed by atoms with Crippen LogP contribution in [0.3, 0.4) is 0 Å². The molecule has 238 valence electrons. The number of pyridine rings is 1. The highest BCUT2D eigenvalue weighted by atomic mass is 19.3. The number of benzene rings is 2. The van der Waals surface area contributed by atoms with Crippen molar-refractivity contribution in [1.29, 1.82) is 0 Å². The molecule has 4 aliphatic rings. The highest BCUT2D eigenvalue weighted by molar-refractivity contribution is 6.02. The zero-order valence-corrected chi connectivity index (χ0v) is 25.7. The number of likely N-dealkylation sites (N-methyl/N-ethyl adjacent to an activating group) is 1. The van der Waals surface area contributed by atoms with Crippen molar-refractivity contribution in [1.82, 2.24) is 25.2 Å². The van der Waals surface area contributed by atoms with Crippen molar-refractivity contribution in [3.63, 3.8) is 0 Å². The summed E-state index contributed by atoms with van der Waals surface area (Å²) in [5.74, 6) is -1.07. The van der Waals surface area contributed by atoms with Crippen molar-refractivity contribution in [2.75, 3.05) is 38.2 Å². The van der Waals surface area contributed by atoms with E-state index in [1.54, 1.807) is 24.3 Å². The number of halogens is 4. The van der Waals surface area contributed by atoms with E-state index in [9.17, 15) is 13.2 Å². The maximum Gasteiger partial charge on any atom is 0.319 e. The van der Waals surface area contributed by atoms with Crippen molar-refractivity contribution in [3.05, 3.63) is 53.7 Å². The molecule has 8 rings (SSSR count). The summed E-state index contributed by atoms with van der Waals surface area (Å²) in [7, 11) is 1.91. The van der Waals surface area contributed by atoms with E-state index < -0.39 is 28.5 Å². The summed E-state index contributed by atoms with van der Waals surface area (Å²) in [6.45, 7) is 4.16. The molecule has 1 spiro atoms. The summed E-state index contributed by atoms with van der Waals surface area (Å²) in [6, 6.07) is 8.29. The Morgan fingerprint density at radius 2 is 2.00 bits per heavy atom. The van der Waals surface area contributed by atoms with E-state index in [2.05, 4.69) is 33.0 Å². The fraction of sp³-hybridized carbons (Fsp3) is 0.457. The lowest BCUT2D eigenvalue weighted by molar-refractivity contribution is 0.0647. The molecule has 46 heavy (non-hydrogen) atoms. The summed E-state index contributed by atoms with van der Waals surface area (Å²) >= 11 is 0. The van der Waals surface area contributed by atoms with E-state index in [0.29, 0.717) is 40.5 Å². The van der Waals surface area contributed by atoms with Crippen LogP contribution in [0.5, 0.6) is 6.01 Å². The molecule has 3 aliphatic heterocycles. The lowest BCUT2D eigenvalue weighted by Crippen LogP contribution is -2.43. The monoisotopic (exact) mass is 630 g/mol. The van der Waals surface area contributed by atoms with Crippen molar-refractivity contribution in [2.24, 2.45) is 5.41 Å². The summed E-state index contributed by atoms with van der Waals surface area (Å²) in [6.07, 6.45) is 10.0. The highest BCUT2D eigenvalue weighted by Crippen LogP contribution is 2.69. The van der Waals surface area contributed by atoms with E-state index in [-0.39, 0.29) is 47.9 Å². The molecule has 2 unspecified atom stereocenters. The normalized spacial score (nSPS) is 28.2. The van der Waals surface area contributed by atoms with E-state index in [0.717, 1.165) is 32.4 Å². The quantitative estimate of drug-likeness (QED) is 0.209. The van der Waals surface area contributed by atoms with Gasteiger partial charge in [-0.15, -0.1) is 6.42 Å². The standard InChI is InChI=1S/C35H34F4N6O/c1-4-22-25(36)10-9-21-7-5-8-23(27(21)22)29-28(37)30-24(15-41-29)31(44(3)26-11-13-40-20(26)2)43-32(42-30)46-19-34-12-6-14-45(34)18-33(16-34)17-35(33,38)39/h1,5,7-10,15,20,26,40H,6,11-14,16-19H2,2-3H3/t20-,26-,33?,34?/m1/s1. The Balaban J connectivity index is 1.24. The first-order valence-corrected chi connectivity index (χ1v) is 15.8. The molecular formula is C35H34F4N6O. The van der Waals surface area contributed by atoms with Crippen LogP contribution in [0.2, 0.25) is 0 Å². The number of fused-ring (bicyclic) bond motifs is 3. The Labute approximate surface area is 264 Å². The number of terminal acetylenes is 1. The predicted molar refractivity (Wildman–Crippen MR) is 168 cm³/mol. The molecular weight excluding hydrogens is 596 g/mol. The van der Waals surface area contributed by atoms with Gasteiger partial charge in [0.2, 0.25) is 0 Å². The lowest BCUT2D eigenvalue weighted by Gasteiger charge is -2.32. The van der Waals surface area contributed by atoms with E-state index >= 15 is 4.39 Å².